The summed E-state index contributed by atoms with van der Waals surface area (Å²) in [5.41, 5.74) is -0.667. The first kappa shape index (κ1) is 15.0. The fourth-order valence-corrected chi connectivity index (χ4v) is 0.485. The van der Waals surface area contributed by atoms with Crippen molar-refractivity contribution in [2.24, 2.45) is 5.41 Å². The molecule has 4 nitrogen and oxygen atoms in total. The van der Waals surface area contributed by atoms with Crippen molar-refractivity contribution in [2.75, 3.05) is 19.8 Å². The highest BCUT2D eigenvalue weighted by atomic mass is 16.3. The SMILES string of the molecule is CC(C)=O.CCC(CO)(CO)CO. The molecule has 0 fully saturated rings. The van der Waals surface area contributed by atoms with Gasteiger partial charge in [0.2, 0.25) is 0 Å². The highest BCUT2D eigenvalue weighted by molar-refractivity contribution is 5.72. The van der Waals surface area contributed by atoms with E-state index < -0.39 is 5.41 Å². The van der Waals surface area contributed by atoms with Crippen LogP contribution in [0.15, 0.2) is 0 Å². The van der Waals surface area contributed by atoms with Crippen molar-refractivity contribution in [2.45, 2.75) is 27.2 Å². The lowest BCUT2D eigenvalue weighted by molar-refractivity contribution is -0.114. The second-order valence-electron chi connectivity index (χ2n) is 3.24. The molecule has 0 aromatic carbocycles. The van der Waals surface area contributed by atoms with Crippen molar-refractivity contribution in [1.82, 2.24) is 0 Å². The molecular weight excluding hydrogens is 172 g/mol. The van der Waals surface area contributed by atoms with Crippen molar-refractivity contribution in [1.29, 1.82) is 0 Å². The Morgan fingerprint density at radius 3 is 1.31 bits per heavy atom. The van der Waals surface area contributed by atoms with Gasteiger partial charge in [-0.25, -0.2) is 0 Å². The lowest BCUT2D eigenvalue weighted by Gasteiger charge is -2.24. The van der Waals surface area contributed by atoms with E-state index in [0.717, 1.165) is 0 Å². The van der Waals surface area contributed by atoms with Crippen molar-refractivity contribution in [3.8, 4) is 0 Å². The number of rotatable bonds is 4. The van der Waals surface area contributed by atoms with Crippen molar-refractivity contribution >= 4 is 5.78 Å². The summed E-state index contributed by atoms with van der Waals surface area (Å²) in [7, 11) is 0. The quantitative estimate of drug-likeness (QED) is 0.584. The monoisotopic (exact) mass is 192 g/mol. The minimum atomic E-state index is -0.667. The fourth-order valence-electron chi connectivity index (χ4n) is 0.485. The fraction of sp³-hybridized carbons (Fsp3) is 0.889. The third kappa shape index (κ3) is 7.90. The second kappa shape index (κ2) is 8.16. The van der Waals surface area contributed by atoms with Crippen LogP contribution in [0, 0.1) is 5.41 Å². The van der Waals surface area contributed by atoms with E-state index in [1.54, 1.807) is 0 Å². The first-order valence-corrected chi connectivity index (χ1v) is 4.27. The van der Waals surface area contributed by atoms with Gasteiger partial charge < -0.3 is 20.1 Å². The van der Waals surface area contributed by atoms with Gasteiger partial charge in [0.15, 0.2) is 0 Å². The molecule has 0 aliphatic carbocycles. The van der Waals surface area contributed by atoms with Gasteiger partial charge in [0.25, 0.3) is 0 Å². The number of hydrogen-bond donors (Lipinski definition) is 3. The molecule has 0 rings (SSSR count). The summed E-state index contributed by atoms with van der Waals surface area (Å²) in [6, 6.07) is 0. The first-order chi connectivity index (χ1) is 5.97. The number of carbonyl (C=O) groups excluding carboxylic acids is 1. The minimum absolute atomic E-state index is 0.156. The van der Waals surface area contributed by atoms with Crippen LogP contribution in [0.25, 0.3) is 0 Å². The number of ketones is 1. The Morgan fingerprint density at radius 2 is 1.31 bits per heavy atom. The van der Waals surface area contributed by atoms with Crippen molar-refractivity contribution < 1.29 is 20.1 Å². The van der Waals surface area contributed by atoms with Crippen LogP contribution in [0.1, 0.15) is 27.2 Å². The van der Waals surface area contributed by atoms with E-state index in [1.165, 1.54) is 13.8 Å². The summed E-state index contributed by atoms with van der Waals surface area (Å²) in [6.07, 6.45) is 0.594. The molecule has 13 heavy (non-hydrogen) atoms. The maximum absolute atomic E-state index is 9.44. The maximum Gasteiger partial charge on any atom is 0.126 e. The van der Waals surface area contributed by atoms with Crippen LogP contribution in [0.4, 0.5) is 0 Å². The molecule has 4 heteroatoms. The lowest BCUT2D eigenvalue weighted by atomic mass is 9.88. The van der Waals surface area contributed by atoms with Gasteiger partial charge in [-0.05, 0) is 20.3 Å². The summed E-state index contributed by atoms with van der Waals surface area (Å²) in [4.78, 5) is 9.44. The third-order valence-electron chi connectivity index (χ3n) is 1.76. The molecule has 0 radical (unpaired) electrons. The topological polar surface area (TPSA) is 77.8 Å². The zero-order chi connectivity index (χ0) is 10.9. The van der Waals surface area contributed by atoms with E-state index in [0.29, 0.717) is 6.42 Å². The first-order valence-electron chi connectivity index (χ1n) is 4.27. The molecule has 80 valence electrons. The van der Waals surface area contributed by atoms with Crippen LogP contribution < -0.4 is 0 Å². The summed E-state index contributed by atoms with van der Waals surface area (Å²) < 4.78 is 0. The predicted octanol–water partition coefficient (Wildman–Crippen LogP) is -0.0450. The minimum Gasteiger partial charge on any atom is -0.396 e. The highest BCUT2D eigenvalue weighted by Crippen LogP contribution is 2.18. The van der Waals surface area contributed by atoms with E-state index in [1.807, 2.05) is 6.92 Å². The van der Waals surface area contributed by atoms with E-state index in [-0.39, 0.29) is 25.6 Å². The van der Waals surface area contributed by atoms with Crippen LogP contribution in [-0.4, -0.2) is 40.9 Å². The standard InChI is InChI=1S/C6H14O3.C3H6O/c1-2-6(3-7,4-8)5-9;1-3(2)4/h7-9H,2-5H2,1H3;1-2H3. The van der Waals surface area contributed by atoms with Crippen LogP contribution in [-0.2, 0) is 4.79 Å². The van der Waals surface area contributed by atoms with Crippen LogP contribution >= 0.6 is 0 Å². The molecule has 0 saturated heterocycles. The Hall–Kier alpha value is -0.450. The summed E-state index contributed by atoms with van der Waals surface area (Å²) in [5.74, 6) is 0.167. The van der Waals surface area contributed by atoms with E-state index in [9.17, 15) is 4.79 Å². The van der Waals surface area contributed by atoms with Gasteiger partial charge in [0, 0.05) is 5.41 Å². The largest absolute Gasteiger partial charge is 0.396 e. The average Bonchev–Trinajstić information content (AvgIpc) is 2.09. The van der Waals surface area contributed by atoms with Gasteiger partial charge in [-0.2, -0.15) is 0 Å². The van der Waals surface area contributed by atoms with E-state index in [2.05, 4.69) is 0 Å². The smallest absolute Gasteiger partial charge is 0.126 e. The normalized spacial score (nSPS) is 10.3. The molecule has 0 saturated carbocycles. The van der Waals surface area contributed by atoms with E-state index in [4.69, 9.17) is 15.3 Å². The average molecular weight is 192 g/mol. The van der Waals surface area contributed by atoms with Gasteiger partial charge in [-0.3, -0.25) is 0 Å². The van der Waals surface area contributed by atoms with Crippen LogP contribution in [0.2, 0.25) is 0 Å². The summed E-state index contributed by atoms with van der Waals surface area (Å²) >= 11 is 0. The molecule has 0 aliphatic heterocycles. The van der Waals surface area contributed by atoms with Crippen LogP contribution in [0.5, 0.6) is 0 Å². The van der Waals surface area contributed by atoms with Gasteiger partial charge in [0.05, 0.1) is 19.8 Å². The zero-order valence-electron chi connectivity index (χ0n) is 8.58. The molecule has 0 amide bonds. The Bertz CT molecular complexity index is 108. The Morgan fingerprint density at radius 1 is 1.08 bits per heavy atom. The molecule has 0 unspecified atom stereocenters. The molecular formula is C9H20O4. The predicted molar refractivity (Wildman–Crippen MR) is 50.3 cm³/mol. The number of Topliss-reactive ketones (excluding diaryl/α,β-unsaturated/α-hetero) is 1. The van der Waals surface area contributed by atoms with Gasteiger partial charge in [-0.15, -0.1) is 0 Å². The van der Waals surface area contributed by atoms with Crippen LogP contribution in [0.3, 0.4) is 0 Å². The Balaban J connectivity index is 0. The molecule has 0 atom stereocenters. The van der Waals surface area contributed by atoms with Gasteiger partial charge in [0.1, 0.15) is 5.78 Å². The number of hydrogen-bond acceptors (Lipinski definition) is 4. The maximum atomic E-state index is 9.44. The van der Waals surface area contributed by atoms with E-state index >= 15 is 0 Å². The molecule has 0 aromatic rings. The molecule has 0 heterocycles. The highest BCUT2D eigenvalue weighted by Gasteiger charge is 2.24. The molecule has 0 spiro atoms. The Labute approximate surface area is 79.2 Å². The second-order valence-corrected chi connectivity index (χ2v) is 3.24. The van der Waals surface area contributed by atoms with Crippen molar-refractivity contribution in [3.05, 3.63) is 0 Å². The molecule has 0 aliphatic rings. The molecule has 3 N–H and O–H groups in total. The summed E-state index contributed by atoms with van der Waals surface area (Å²) in [5, 5.41) is 26.0. The summed E-state index contributed by atoms with van der Waals surface area (Å²) in [6.45, 7) is 4.41. The number of aliphatic hydroxyl groups is 3. The third-order valence-corrected chi connectivity index (χ3v) is 1.76. The van der Waals surface area contributed by atoms with Crippen molar-refractivity contribution in [3.63, 3.8) is 0 Å². The molecule has 0 aromatic heterocycles. The van der Waals surface area contributed by atoms with Gasteiger partial charge in [-0.1, -0.05) is 6.92 Å². The molecule has 0 bridgehead atoms. The van der Waals surface area contributed by atoms with Gasteiger partial charge >= 0.3 is 0 Å². The number of carbonyl (C=O) groups is 1. The lowest BCUT2D eigenvalue weighted by Crippen LogP contribution is -2.32. The Kier molecular flexibility index (Phi) is 9.44. The zero-order valence-corrected chi connectivity index (χ0v) is 8.58. The number of aliphatic hydroxyl groups excluding tert-OH is 3.